The van der Waals surface area contributed by atoms with Crippen molar-refractivity contribution in [2.75, 3.05) is 26.9 Å². The van der Waals surface area contributed by atoms with Crippen LogP contribution < -0.4 is 10.1 Å². The summed E-state index contributed by atoms with van der Waals surface area (Å²) in [4.78, 5) is 0. The first-order chi connectivity index (χ1) is 8.65. The van der Waals surface area contributed by atoms with Gasteiger partial charge in [0.1, 0.15) is 12.4 Å². The van der Waals surface area contributed by atoms with Crippen LogP contribution in [0.1, 0.15) is 19.4 Å². The number of rotatable bonds is 8. The summed E-state index contributed by atoms with van der Waals surface area (Å²) in [5, 5.41) is 3.14. The van der Waals surface area contributed by atoms with E-state index in [9.17, 15) is 0 Å². The van der Waals surface area contributed by atoms with E-state index in [1.54, 1.807) is 0 Å². The Balaban J connectivity index is 2.45. The molecule has 0 radical (unpaired) electrons. The molecule has 1 rings (SSSR count). The first kappa shape index (κ1) is 15.5. The number of halogens is 1. The van der Waals surface area contributed by atoms with Crippen LogP contribution in [0.2, 0.25) is 0 Å². The molecule has 0 heterocycles. The summed E-state index contributed by atoms with van der Waals surface area (Å²) in [7, 11) is 1.93. The van der Waals surface area contributed by atoms with Crippen molar-refractivity contribution in [2.24, 2.45) is 5.92 Å². The Morgan fingerprint density at radius 2 is 2.06 bits per heavy atom. The van der Waals surface area contributed by atoms with Crippen molar-refractivity contribution in [2.45, 2.75) is 20.4 Å². The van der Waals surface area contributed by atoms with Crippen LogP contribution in [0.3, 0.4) is 0 Å². The average molecular weight is 316 g/mol. The molecule has 0 aromatic heterocycles. The predicted molar refractivity (Wildman–Crippen MR) is 78.1 cm³/mol. The maximum atomic E-state index is 5.79. The molecule has 0 atom stereocenters. The van der Waals surface area contributed by atoms with Gasteiger partial charge in [0.15, 0.2) is 0 Å². The van der Waals surface area contributed by atoms with E-state index in [1.165, 1.54) is 0 Å². The topological polar surface area (TPSA) is 30.5 Å². The number of benzene rings is 1. The zero-order chi connectivity index (χ0) is 13.4. The largest absolute Gasteiger partial charge is 0.490 e. The third-order valence-corrected chi connectivity index (χ3v) is 2.97. The van der Waals surface area contributed by atoms with Crippen LogP contribution in [-0.2, 0) is 11.3 Å². The van der Waals surface area contributed by atoms with Crippen LogP contribution in [0.5, 0.6) is 5.75 Å². The van der Waals surface area contributed by atoms with E-state index >= 15 is 0 Å². The number of nitrogens with one attached hydrogen (secondary N) is 1. The highest BCUT2D eigenvalue weighted by atomic mass is 79.9. The Hall–Kier alpha value is -0.580. The zero-order valence-corrected chi connectivity index (χ0v) is 12.9. The third kappa shape index (κ3) is 5.38. The lowest BCUT2D eigenvalue weighted by Gasteiger charge is -2.13. The molecule has 1 N–H and O–H groups in total. The second-order valence-electron chi connectivity index (χ2n) is 4.58. The van der Waals surface area contributed by atoms with Crippen LogP contribution >= 0.6 is 15.9 Å². The number of hydrogen-bond acceptors (Lipinski definition) is 3. The Labute approximate surface area is 118 Å². The zero-order valence-electron chi connectivity index (χ0n) is 11.3. The van der Waals surface area contributed by atoms with E-state index < -0.39 is 0 Å². The van der Waals surface area contributed by atoms with Gasteiger partial charge in [-0.2, -0.15) is 0 Å². The van der Waals surface area contributed by atoms with E-state index in [2.05, 4.69) is 41.2 Å². The van der Waals surface area contributed by atoms with Gasteiger partial charge in [0, 0.05) is 18.7 Å². The number of ether oxygens (including phenoxy) is 2. The van der Waals surface area contributed by atoms with Gasteiger partial charge in [0.05, 0.1) is 11.1 Å². The summed E-state index contributed by atoms with van der Waals surface area (Å²) in [6.45, 7) is 7.05. The Kier molecular flexibility index (Phi) is 7.32. The lowest BCUT2D eigenvalue weighted by atomic mass is 10.2. The van der Waals surface area contributed by atoms with E-state index in [1.807, 2.05) is 19.2 Å². The molecule has 0 aliphatic carbocycles. The maximum Gasteiger partial charge on any atom is 0.138 e. The van der Waals surface area contributed by atoms with Crippen LogP contribution in [0.4, 0.5) is 0 Å². The average Bonchev–Trinajstić information content (AvgIpc) is 2.32. The minimum absolute atomic E-state index is 0.563. The smallest absolute Gasteiger partial charge is 0.138 e. The van der Waals surface area contributed by atoms with Crippen LogP contribution in [-0.4, -0.2) is 26.9 Å². The Morgan fingerprint density at radius 1 is 1.28 bits per heavy atom. The minimum Gasteiger partial charge on any atom is -0.490 e. The molecule has 3 nitrogen and oxygen atoms in total. The van der Waals surface area contributed by atoms with Gasteiger partial charge in [0.25, 0.3) is 0 Å². The van der Waals surface area contributed by atoms with Crippen molar-refractivity contribution in [3.8, 4) is 5.75 Å². The van der Waals surface area contributed by atoms with Gasteiger partial charge >= 0.3 is 0 Å². The van der Waals surface area contributed by atoms with E-state index in [4.69, 9.17) is 9.47 Å². The molecule has 0 bridgehead atoms. The van der Waals surface area contributed by atoms with Gasteiger partial charge in [-0.3, -0.25) is 0 Å². The molecule has 0 saturated carbocycles. The summed E-state index contributed by atoms with van der Waals surface area (Å²) >= 11 is 3.52. The minimum atomic E-state index is 0.563. The molecule has 1 aromatic rings. The van der Waals surface area contributed by atoms with Crippen molar-refractivity contribution < 1.29 is 9.47 Å². The van der Waals surface area contributed by atoms with Gasteiger partial charge in [-0.05, 0) is 35.0 Å². The molecule has 102 valence electrons. The quantitative estimate of drug-likeness (QED) is 0.747. The highest BCUT2D eigenvalue weighted by Crippen LogP contribution is 2.28. The summed E-state index contributed by atoms with van der Waals surface area (Å²) in [6, 6.07) is 6.06. The summed E-state index contributed by atoms with van der Waals surface area (Å²) in [6.07, 6.45) is 0. The Bertz CT molecular complexity index is 356. The second kappa shape index (κ2) is 8.51. The molecule has 0 aliphatic heterocycles. The molecule has 0 fully saturated rings. The van der Waals surface area contributed by atoms with Gasteiger partial charge < -0.3 is 14.8 Å². The maximum absolute atomic E-state index is 5.79. The lowest BCUT2D eigenvalue weighted by Crippen LogP contribution is -2.12. The highest BCUT2D eigenvalue weighted by molar-refractivity contribution is 9.10. The summed E-state index contributed by atoms with van der Waals surface area (Å²) in [5.41, 5.74) is 1.15. The second-order valence-corrected chi connectivity index (χ2v) is 5.43. The molecule has 0 amide bonds. The standard InChI is InChI=1S/C14H22BrNO2/c1-11(2)10-17-7-8-18-14-12(9-16-3)5-4-6-13(14)15/h4-6,11,16H,7-10H2,1-3H3. The molecular weight excluding hydrogens is 294 g/mol. The summed E-state index contributed by atoms with van der Waals surface area (Å²) in [5.74, 6) is 1.47. The molecule has 0 unspecified atom stereocenters. The molecule has 1 aromatic carbocycles. The van der Waals surface area contributed by atoms with Crippen molar-refractivity contribution in [1.29, 1.82) is 0 Å². The fraction of sp³-hybridized carbons (Fsp3) is 0.571. The number of para-hydroxylation sites is 1. The molecule has 0 spiro atoms. The van der Waals surface area contributed by atoms with Crippen molar-refractivity contribution >= 4 is 15.9 Å². The van der Waals surface area contributed by atoms with Crippen LogP contribution in [0, 0.1) is 5.92 Å². The highest BCUT2D eigenvalue weighted by Gasteiger charge is 2.07. The molecule has 0 saturated heterocycles. The van der Waals surface area contributed by atoms with E-state index in [0.29, 0.717) is 19.1 Å². The normalized spacial score (nSPS) is 10.9. The first-order valence-corrected chi connectivity index (χ1v) is 7.07. The van der Waals surface area contributed by atoms with Crippen molar-refractivity contribution in [3.05, 3.63) is 28.2 Å². The van der Waals surface area contributed by atoms with Gasteiger partial charge in [-0.15, -0.1) is 0 Å². The first-order valence-electron chi connectivity index (χ1n) is 6.27. The molecular formula is C14H22BrNO2. The lowest BCUT2D eigenvalue weighted by molar-refractivity contribution is 0.0814. The summed E-state index contributed by atoms with van der Waals surface area (Å²) < 4.78 is 12.3. The monoisotopic (exact) mass is 315 g/mol. The fourth-order valence-electron chi connectivity index (χ4n) is 1.57. The molecule has 4 heteroatoms. The van der Waals surface area contributed by atoms with Crippen LogP contribution in [0.25, 0.3) is 0 Å². The van der Waals surface area contributed by atoms with E-state index in [0.717, 1.165) is 28.9 Å². The Morgan fingerprint density at radius 3 is 2.72 bits per heavy atom. The number of hydrogen-bond donors (Lipinski definition) is 1. The predicted octanol–water partition coefficient (Wildman–Crippen LogP) is 3.22. The van der Waals surface area contributed by atoms with Gasteiger partial charge in [0.2, 0.25) is 0 Å². The molecule has 0 aliphatic rings. The third-order valence-electron chi connectivity index (χ3n) is 2.34. The SMILES string of the molecule is CNCc1cccc(Br)c1OCCOCC(C)C. The fourth-order valence-corrected chi connectivity index (χ4v) is 2.09. The van der Waals surface area contributed by atoms with Crippen molar-refractivity contribution in [1.82, 2.24) is 5.32 Å². The van der Waals surface area contributed by atoms with Gasteiger partial charge in [-0.1, -0.05) is 26.0 Å². The van der Waals surface area contributed by atoms with Crippen molar-refractivity contribution in [3.63, 3.8) is 0 Å². The molecule has 18 heavy (non-hydrogen) atoms. The van der Waals surface area contributed by atoms with Gasteiger partial charge in [-0.25, -0.2) is 0 Å². The van der Waals surface area contributed by atoms with Crippen LogP contribution in [0.15, 0.2) is 22.7 Å². The van der Waals surface area contributed by atoms with E-state index in [-0.39, 0.29) is 0 Å².